The fraction of sp³-hybridized carbons (Fsp3) is 0. The summed E-state index contributed by atoms with van der Waals surface area (Å²) in [6, 6.07) is 9.18. The van der Waals surface area contributed by atoms with E-state index in [1.807, 2.05) is 24.3 Å². The van der Waals surface area contributed by atoms with Crippen molar-refractivity contribution in [2.75, 3.05) is 0 Å². The molecule has 0 aliphatic carbocycles. The Morgan fingerprint density at radius 3 is 2.84 bits per heavy atom. The molecule has 0 atom stereocenters. The van der Waals surface area contributed by atoms with Gasteiger partial charge in [0.05, 0.1) is 11.2 Å². The van der Waals surface area contributed by atoms with Crippen molar-refractivity contribution in [2.45, 2.75) is 0 Å². The number of rotatable bonds is 2. The number of benzene rings is 1. The van der Waals surface area contributed by atoms with Gasteiger partial charge in [-0.05, 0) is 12.1 Å². The van der Waals surface area contributed by atoms with E-state index in [0.29, 0.717) is 11.3 Å². The lowest BCUT2D eigenvalue weighted by molar-refractivity contribution is 0.0690. The van der Waals surface area contributed by atoms with E-state index in [0.717, 1.165) is 5.39 Å². The minimum atomic E-state index is -1.20. The highest BCUT2D eigenvalue weighted by atomic mass is 35.5. The molecule has 5 nitrogen and oxygen atoms in total. The molecule has 0 fully saturated rings. The average Bonchev–Trinajstić information content (AvgIpc) is 2.82. The Balaban J connectivity index is 2.16. The number of para-hydroxylation sites is 1. The Morgan fingerprint density at radius 2 is 2.11 bits per heavy atom. The highest BCUT2D eigenvalue weighted by Crippen LogP contribution is 2.26. The van der Waals surface area contributed by atoms with Crippen molar-refractivity contribution in [1.29, 1.82) is 0 Å². The number of furan rings is 1. The first kappa shape index (κ1) is 11.7. The Kier molecular flexibility index (Phi) is 2.68. The molecule has 0 amide bonds. The number of nitrogens with zero attached hydrogens (tertiary/aromatic N) is 2. The van der Waals surface area contributed by atoms with Crippen LogP contribution in [0.5, 0.6) is 0 Å². The third-order valence-electron chi connectivity index (χ3n) is 2.59. The van der Waals surface area contributed by atoms with Crippen molar-refractivity contribution in [3.63, 3.8) is 0 Å². The molecule has 2 aromatic heterocycles. The normalized spacial score (nSPS) is 10.8. The molecule has 2 heterocycles. The van der Waals surface area contributed by atoms with Crippen LogP contribution < -0.4 is 0 Å². The molecule has 0 saturated carbocycles. The molecule has 0 saturated heterocycles. The predicted octanol–water partition coefficient (Wildman–Crippen LogP) is 3.24. The molecule has 3 aromatic rings. The molecule has 1 aromatic carbocycles. The van der Waals surface area contributed by atoms with Crippen LogP contribution in [-0.4, -0.2) is 21.0 Å². The molecule has 19 heavy (non-hydrogen) atoms. The predicted molar refractivity (Wildman–Crippen MR) is 69.2 cm³/mol. The van der Waals surface area contributed by atoms with Crippen LogP contribution in [0.3, 0.4) is 0 Å². The highest BCUT2D eigenvalue weighted by molar-refractivity contribution is 6.33. The van der Waals surface area contributed by atoms with Crippen LogP contribution in [0.25, 0.3) is 22.6 Å². The smallest absolute Gasteiger partial charge is 0.356 e. The first-order valence-corrected chi connectivity index (χ1v) is 5.78. The second-order valence-electron chi connectivity index (χ2n) is 3.84. The van der Waals surface area contributed by atoms with Crippen LogP contribution in [-0.2, 0) is 0 Å². The zero-order valence-electron chi connectivity index (χ0n) is 9.50. The second kappa shape index (κ2) is 4.37. The van der Waals surface area contributed by atoms with Crippen molar-refractivity contribution in [2.24, 2.45) is 0 Å². The van der Waals surface area contributed by atoms with Crippen LogP contribution in [0.15, 0.2) is 40.9 Å². The SMILES string of the molecule is O=C(O)c1nc(-c2cc3ccccc3o2)ncc1Cl. The molecule has 0 aliphatic heterocycles. The summed E-state index contributed by atoms with van der Waals surface area (Å²) in [7, 11) is 0. The molecular formula is C13H7ClN2O3. The van der Waals surface area contributed by atoms with Gasteiger partial charge < -0.3 is 9.52 Å². The quantitative estimate of drug-likeness (QED) is 0.776. The summed E-state index contributed by atoms with van der Waals surface area (Å²) >= 11 is 5.72. The number of aromatic nitrogens is 2. The standard InChI is InChI=1S/C13H7ClN2O3/c14-8-6-15-12(16-11(8)13(17)18)10-5-7-3-1-2-4-9(7)19-10/h1-6H,(H,17,18). The zero-order chi connectivity index (χ0) is 13.4. The number of aromatic carboxylic acids is 1. The summed E-state index contributed by atoms with van der Waals surface area (Å²) in [4.78, 5) is 18.9. The number of carboxylic acid groups (broad SMARTS) is 1. The molecule has 0 bridgehead atoms. The van der Waals surface area contributed by atoms with Crippen molar-refractivity contribution < 1.29 is 14.3 Å². The molecule has 3 rings (SSSR count). The topological polar surface area (TPSA) is 76.2 Å². The maximum absolute atomic E-state index is 11.0. The molecular weight excluding hydrogens is 268 g/mol. The van der Waals surface area contributed by atoms with E-state index in [2.05, 4.69) is 9.97 Å². The fourth-order valence-corrected chi connectivity index (χ4v) is 1.90. The minimum Gasteiger partial charge on any atom is -0.476 e. The van der Waals surface area contributed by atoms with Crippen LogP contribution >= 0.6 is 11.6 Å². The Labute approximate surface area is 112 Å². The van der Waals surface area contributed by atoms with Gasteiger partial charge in [-0.3, -0.25) is 0 Å². The molecule has 0 spiro atoms. The van der Waals surface area contributed by atoms with Gasteiger partial charge in [-0.1, -0.05) is 29.8 Å². The first-order chi connectivity index (χ1) is 9.15. The summed E-state index contributed by atoms with van der Waals surface area (Å²) in [6.45, 7) is 0. The van der Waals surface area contributed by atoms with Gasteiger partial charge in [0, 0.05) is 5.39 Å². The second-order valence-corrected chi connectivity index (χ2v) is 4.25. The van der Waals surface area contributed by atoms with Crippen LogP contribution in [0.1, 0.15) is 10.5 Å². The van der Waals surface area contributed by atoms with Crippen LogP contribution in [0, 0.1) is 0 Å². The summed E-state index contributed by atoms with van der Waals surface area (Å²) in [5.74, 6) is -0.608. The molecule has 94 valence electrons. The van der Waals surface area contributed by atoms with E-state index in [1.54, 1.807) is 6.07 Å². The Morgan fingerprint density at radius 1 is 1.32 bits per heavy atom. The number of hydrogen-bond donors (Lipinski definition) is 1. The van der Waals surface area contributed by atoms with E-state index < -0.39 is 5.97 Å². The maximum atomic E-state index is 11.0. The monoisotopic (exact) mass is 274 g/mol. The number of halogens is 1. The van der Waals surface area contributed by atoms with Crippen molar-refractivity contribution >= 4 is 28.5 Å². The van der Waals surface area contributed by atoms with Crippen molar-refractivity contribution in [3.8, 4) is 11.6 Å². The van der Waals surface area contributed by atoms with E-state index in [1.165, 1.54) is 6.20 Å². The highest BCUT2D eigenvalue weighted by Gasteiger charge is 2.15. The van der Waals surface area contributed by atoms with E-state index in [4.69, 9.17) is 21.1 Å². The molecule has 0 unspecified atom stereocenters. The van der Waals surface area contributed by atoms with Gasteiger partial charge in [-0.2, -0.15) is 0 Å². The molecule has 6 heteroatoms. The van der Waals surface area contributed by atoms with Crippen molar-refractivity contribution in [1.82, 2.24) is 9.97 Å². The van der Waals surface area contributed by atoms with Gasteiger partial charge in [-0.25, -0.2) is 14.8 Å². The summed E-state index contributed by atoms with van der Waals surface area (Å²) in [5.41, 5.74) is 0.444. The molecule has 0 aliphatic rings. The Hall–Kier alpha value is -2.40. The minimum absolute atomic E-state index is 0.00707. The van der Waals surface area contributed by atoms with Crippen LogP contribution in [0.2, 0.25) is 5.02 Å². The number of carboxylic acids is 1. The van der Waals surface area contributed by atoms with Gasteiger partial charge in [-0.15, -0.1) is 0 Å². The number of carbonyl (C=O) groups is 1. The van der Waals surface area contributed by atoms with E-state index in [9.17, 15) is 4.79 Å². The average molecular weight is 275 g/mol. The lowest BCUT2D eigenvalue weighted by Crippen LogP contribution is -2.03. The number of fused-ring (bicyclic) bond motifs is 1. The van der Waals surface area contributed by atoms with Gasteiger partial charge in [0.2, 0.25) is 0 Å². The third-order valence-corrected chi connectivity index (χ3v) is 2.87. The first-order valence-electron chi connectivity index (χ1n) is 5.40. The fourth-order valence-electron chi connectivity index (χ4n) is 1.73. The lowest BCUT2D eigenvalue weighted by Gasteiger charge is -1.99. The summed E-state index contributed by atoms with van der Waals surface area (Å²) < 4.78 is 5.57. The Bertz CT molecular complexity index is 749. The van der Waals surface area contributed by atoms with Gasteiger partial charge in [0.1, 0.15) is 5.58 Å². The van der Waals surface area contributed by atoms with Gasteiger partial charge in [0.25, 0.3) is 0 Å². The van der Waals surface area contributed by atoms with Gasteiger partial charge in [0.15, 0.2) is 17.3 Å². The summed E-state index contributed by atoms with van der Waals surface area (Å²) in [6.07, 6.45) is 1.25. The van der Waals surface area contributed by atoms with Gasteiger partial charge >= 0.3 is 5.97 Å². The molecule has 1 N–H and O–H groups in total. The largest absolute Gasteiger partial charge is 0.476 e. The van der Waals surface area contributed by atoms with Crippen molar-refractivity contribution in [3.05, 3.63) is 47.2 Å². The number of hydrogen-bond acceptors (Lipinski definition) is 4. The molecule has 0 radical (unpaired) electrons. The summed E-state index contributed by atoms with van der Waals surface area (Å²) in [5, 5.41) is 9.86. The van der Waals surface area contributed by atoms with E-state index >= 15 is 0 Å². The lowest BCUT2D eigenvalue weighted by atomic mass is 10.2. The zero-order valence-corrected chi connectivity index (χ0v) is 10.3. The van der Waals surface area contributed by atoms with Crippen LogP contribution in [0.4, 0.5) is 0 Å². The maximum Gasteiger partial charge on any atom is 0.356 e. The third kappa shape index (κ3) is 2.04. The van der Waals surface area contributed by atoms with E-state index in [-0.39, 0.29) is 16.5 Å².